The van der Waals surface area contributed by atoms with Crippen molar-refractivity contribution in [1.82, 2.24) is 20.1 Å². The first-order valence-electron chi connectivity index (χ1n) is 6.30. The molecule has 20 heavy (non-hydrogen) atoms. The lowest BCUT2D eigenvalue weighted by atomic mass is 10.1. The van der Waals surface area contributed by atoms with E-state index in [4.69, 9.17) is 5.11 Å². The monoisotopic (exact) mass is 300 g/mol. The van der Waals surface area contributed by atoms with Gasteiger partial charge in [0, 0.05) is 12.0 Å². The Morgan fingerprint density at radius 1 is 1.35 bits per heavy atom. The number of rotatable bonds is 6. The Kier molecular flexibility index (Phi) is 5.55. The number of carboxylic acids is 1. The van der Waals surface area contributed by atoms with E-state index >= 15 is 0 Å². The number of aromatic nitrogens is 3. The molecule has 0 aliphatic carbocycles. The molecule has 0 aliphatic rings. The highest BCUT2D eigenvalue weighted by molar-refractivity contribution is 7.99. The highest BCUT2D eigenvalue weighted by Gasteiger charge is 2.18. The van der Waals surface area contributed by atoms with Crippen LogP contribution in [0.2, 0.25) is 0 Å². The zero-order valence-electron chi connectivity index (χ0n) is 12.1. The molecule has 0 saturated heterocycles. The van der Waals surface area contributed by atoms with Crippen LogP contribution in [0, 0.1) is 0 Å². The van der Waals surface area contributed by atoms with Gasteiger partial charge in [0.2, 0.25) is 5.91 Å². The van der Waals surface area contributed by atoms with Crippen molar-refractivity contribution in [2.75, 3.05) is 5.75 Å². The smallest absolute Gasteiger partial charge is 0.313 e. The van der Waals surface area contributed by atoms with Crippen LogP contribution in [0.25, 0.3) is 0 Å². The molecule has 1 amide bonds. The van der Waals surface area contributed by atoms with Gasteiger partial charge in [0.05, 0.1) is 5.75 Å². The summed E-state index contributed by atoms with van der Waals surface area (Å²) in [4.78, 5) is 22.6. The molecular formula is C12H20N4O3S. The maximum absolute atomic E-state index is 12.0. The first-order chi connectivity index (χ1) is 9.23. The molecule has 0 aromatic carbocycles. The Bertz CT molecular complexity index is 493. The quantitative estimate of drug-likeness (QED) is 0.759. The number of nitrogens with zero attached hydrogens (tertiary/aromatic N) is 3. The number of thioether (sulfide) groups is 1. The summed E-state index contributed by atoms with van der Waals surface area (Å²) < 4.78 is 1.66. The lowest BCUT2D eigenvalue weighted by Gasteiger charge is -2.21. The minimum atomic E-state index is -0.929. The third-order valence-corrected chi connectivity index (χ3v) is 3.20. The van der Waals surface area contributed by atoms with E-state index in [1.807, 2.05) is 27.7 Å². The van der Waals surface area contributed by atoms with Crippen molar-refractivity contribution in [1.29, 1.82) is 0 Å². The predicted octanol–water partition coefficient (Wildman–Crippen LogP) is 0.932. The van der Waals surface area contributed by atoms with Crippen molar-refractivity contribution in [3.63, 3.8) is 0 Å². The Morgan fingerprint density at radius 3 is 2.50 bits per heavy atom. The molecule has 8 heteroatoms. The van der Waals surface area contributed by atoms with Gasteiger partial charge in [-0.25, -0.2) is 0 Å². The van der Waals surface area contributed by atoms with Crippen molar-refractivity contribution in [3.8, 4) is 0 Å². The van der Waals surface area contributed by atoms with E-state index in [0.29, 0.717) is 17.4 Å². The second kappa shape index (κ2) is 6.74. The largest absolute Gasteiger partial charge is 0.481 e. The van der Waals surface area contributed by atoms with E-state index in [9.17, 15) is 9.59 Å². The number of aryl methyl sites for hydroxylation is 1. The number of hydrogen-bond donors (Lipinski definition) is 2. The van der Waals surface area contributed by atoms with Gasteiger partial charge < -0.3 is 10.4 Å². The molecule has 0 aliphatic heterocycles. The van der Waals surface area contributed by atoms with Crippen molar-refractivity contribution in [2.24, 2.45) is 0 Å². The molecule has 0 saturated carbocycles. The SMILES string of the molecule is CCc1nnc(SCC(=O)O)n1CC(=O)NC(C)(C)C. The van der Waals surface area contributed by atoms with Gasteiger partial charge in [0.1, 0.15) is 12.4 Å². The van der Waals surface area contributed by atoms with Crippen LogP contribution in [0.15, 0.2) is 5.16 Å². The van der Waals surface area contributed by atoms with Gasteiger partial charge in [-0.1, -0.05) is 18.7 Å². The molecule has 1 aromatic heterocycles. The van der Waals surface area contributed by atoms with Gasteiger partial charge in [-0.2, -0.15) is 0 Å². The van der Waals surface area contributed by atoms with E-state index < -0.39 is 5.97 Å². The predicted molar refractivity (Wildman–Crippen MR) is 75.7 cm³/mol. The third kappa shape index (κ3) is 5.20. The highest BCUT2D eigenvalue weighted by Crippen LogP contribution is 2.17. The van der Waals surface area contributed by atoms with Gasteiger partial charge in [-0.05, 0) is 20.8 Å². The summed E-state index contributed by atoms with van der Waals surface area (Å²) in [5, 5.41) is 19.9. The van der Waals surface area contributed by atoms with Crippen LogP contribution in [-0.2, 0) is 22.6 Å². The van der Waals surface area contributed by atoms with Gasteiger partial charge in [-0.3, -0.25) is 14.2 Å². The maximum Gasteiger partial charge on any atom is 0.313 e. The van der Waals surface area contributed by atoms with Crippen LogP contribution >= 0.6 is 11.8 Å². The molecule has 2 N–H and O–H groups in total. The molecule has 0 bridgehead atoms. The number of carbonyl (C=O) groups is 2. The van der Waals surface area contributed by atoms with Crippen LogP contribution in [0.3, 0.4) is 0 Å². The van der Waals surface area contributed by atoms with Gasteiger partial charge >= 0.3 is 5.97 Å². The Hall–Kier alpha value is -1.57. The van der Waals surface area contributed by atoms with Crippen molar-refractivity contribution in [3.05, 3.63) is 5.82 Å². The van der Waals surface area contributed by atoms with Gasteiger partial charge in [-0.15, -0.1) is 10.2 Å². The van der Waals surface area contributed by atoms with Crippen LogP contribution in [0.5, 0.6) is 0 Å². The molecule has 1 aromatic rings. The number of aliphatic carboxylic acids is 1. The van der Waals surface area contributed by atoms with Crippen LogP contribution < -0.4 is 5.32 Å². The standard InChI is InChI=1S/C12H20N4O3S/c1-5-8-14-15-11(20-7-10(18)19)16(8)6-9(17)13-12(2,3)4/h5-7H2,1-4H3,(H,13,17)(H,18,19). The van der Waals surface area contributed by atoms with Crippen LogP contribution in [0.4, 0.5) is 0 Å². The second-order valence-electron chi connectivity index (χ2n) is 5.32. The zero-order chi connectivity index (χ0) is 15.3. The summed E-state index contributed by atoms with van der Waals surface area (Å²) in [7, 11) is 0. The number of amides is 1. The molecule has 0 spiro atoms. The molecule has 1 heterocycles. The molecule has 0 radical (unpaired) electrons. The van der Waals surface area contributed by atoms with E-state index in [-0.39, 0.29) is 23.7 Å². The molecule has 112 valence electrons. The second-order valence-corrected chi connectivity index (χ2v) is 6.26. The minimum Gasteiger partial charge on any atom is -0.481 e. The minimum absolute atomic E-state index is 0.0927. The number of carboxylic acid groups (broad SMARTS) is 1. The highest BCUT2D eigenvalue weighted by atomic mass is 32.2. The van der Waals surface area contributed by atoms with Crippen LogP contribution in [-0.4, -0.2) is 43.0 Å². The fraction of sp³-hybridized carbons (Fsp3) is 0.667. The molecule has 7 nitrogen and oxygen atoms in total. The summed E-state index contributed by atoms with van der Waals surface area (Å²) in [6, 6.07) is 0. The zero-order valence-corrected chi connectivity index (χ0v) is 13.0. The van der Waals surface area contributed by atoms with Crippen LogP contribution in [0.1, 0.15) is 33.5 Å². The third-order valence-electron chi connectivity index (χ3n) is 2.25. The average molecular weight is 300 g/mol. The fourth-order valence-electron chi connectivity index (χ4n) is 1.57. The lowest BCUT2D eigenvalue weighted by Crippen LogP contribution is -2.42. The van der Waals surface area contributed by atoms with E-state index in [0.717, 1.165) is 11.8 Å². The number of nitrogens with one attached hydrogen (secondary N) is 1. The lowest BCUT2D eigenvalue weighted by molar-refractivity contribution is -0.134. The van der Waals surface area contributed by atoms with Gasteiger partial charge in [0.25, 0.3) is 0 Å². The Labute approximate surface area is 122 Å². The molecular weight excluding hydrogens is 280 g/mol. The van der Waals surface area contributed by atoms with E-state index in [1.165, 1.54) is 0 Å². The number of hydrogen-bond acceptors (Lipinski definition) is 5. The molecule has 0 fully saturated rings. The summed E-state index contributed by atoms with van der Waals surface area (Å²) in [6.45, 7) is 7.71. The average Bonchev–Trinajstić information content (AvgIpc) is 2.66. The first-order valence-corrected chi connectivity index (χ1v) is 7.29. The fourth-order valence-corrected chi connectivity index (χ4v) is 2.25. The van der Waals surface area contributed by atoms with E-state index in [1.54, 1.807) is 4.57 Å². The maximum atomic E-state index is 12.0. The molecule has 0 atom stereocenters. The van der Waals surface area contributed by atoms with Crippen molar-refractivity contribution >= 4 is 23.6 Å². The first kappa shape index (κ1) is 16.5. The molecule has 0 unspecified atom stereocenters. The normalized spacial score (nSPS) is 11.4. The summed E-state index contributed by atoms with van der Waals surface area (Å²) in [5.41, 5.74) is -0.314. The number of carbonyl (C=O) groups excluding carboxylic acids is 1. The van der Waals surface area contributed by atoms with Crippen molar-refractivity contribution in [2.45, 2.75) is 51.4 Å². The topological polar surface area (TPSA) is 97.1 Å². The summed E-state index contributed by atoms with van der Waals surface area (Å²) >= 11 is 1.06. The summed E-state index contributed by atoms with van der Waals surface area (Å²) in [6.07, 6.45) is 0.628. The Morgan fingerprint density at radius 2 is 2.00 bits per heavy atom. The van der Waals surface area contributed by atoms with E-state index in [2.05, 4.69) is 15.5 Å². The molecule has 1 rings (SSSR count). The Balaban J connectivity index is 2.83. The van der Waals surface area contributed by atoms with Crippen molar-refractivity contribution < 1.29 is 14.7 Å². The summed E-state index contributed by atoms with van der Waals surface area (Å²) in [5.74, 6) is -0.518. The van der Waals surface area contributed by atoms with Gasteiger partial charge in [0.15, 0.2) is 5.16 Å².